The van der Waals surface area contributed by atoms with Gasteiger partial charge in [-0.15, -0.1) is 0 Å². The van der Waals surface area contributed by atoms with Crippen LogP contribution in [0.5, 0.6) is 0 Å². The van der Waals surface area contributed by atoms with Gasteiger partial charge in [-0.3, -0.25) is 0 Å². The molecule has 0 N–H and O–H groups in total. The summed E-state index contributed by atoms with van der Waals surface area (Å²) in [6.07, 6.45) is 5.03. The molecule has 0 aromatic carbocycles. The summed E-state index contributed by atoms with van der Waals surface area (Å²) in [6, 6.07) is 0.973. The fourth-order valence-electron chi connectivity index (χ4n) is 2.57. The minimum atomic E-state index is -2.41. The lowest BCUT2D eigenvalue weighted by Crippen LogP contribution is -2.47. The average Bonchev–Trinajstić information content (AvgIpc) is 2.44. The van der Waals surface area contributed by atoms with Gasteiger partial charge in [-0.1, -0.05) is 19.8 Å². The monoisotopic (exact) mass is 289 g/mol. The van der Waals surface area contributed by atoms with Crippen molar-refractivity contribution in [2.24, 2.45) is 0 Å². The zero-order valence-corrected chi connectivity index (χ0v) is 14.0. The van der Waals surface area contributed by atoms with Crippen molar-refractivity contribution in [3.63, 3.8) is 0 Å². The van der Waals surface area contributed by atoms with E-state index in [9.17, 15) is 0 Å². The van der Waals surface area contributed by atoms with Gasteiger partial charge in [0.2, 0.25) is 0 Å². The smallest absolute Gasteiger partial charge is 0.374 e. The first-order chi connectivity index (χ1) is 9.26. The summed E-state index contributed by atoms with van der Waals surface area (Å²) in [5.74, 6) is 0. The van der Waals surface area contributed by atoms with Crippen molar-refractivity contribution in [1.29, 1.82) is 0 Å². The topological polar surface area (TPSA) is 30.9 Å². The van der Waals surface area contributed by atoms with Crippen LogP contribution in [-0.2, 0) is 13.3 Å². The molecule has 1 rings (SSSR count). The van der Waals surface area contributed by atoms with Crippen molar-refractivity contribution < 1.29 is 13.3 Å². The van der Waals surface area contributed by atoms with Crippen LogP contribution in [0.15, 0.2) is 0 Å². The van der Waals surface area contributed by atoms with Gasteiger partial charge in [0.1, 0.15) is 0 Å². The van der Waals surface area contributed by atoms with Gasteiger partial charge in [-0.05, 0) is 39.8 Å². The van der Waals surface area contributed by atoms with Crippen LogP contribution in [0.4, 0.5) is 0 Å². The van der Waals surface area contributed by atoms with Gasteiger partial charge in [-0.25, -0.2) is 0 Å². The molecule has 1 fully saturated rings. The summed E-state index contributed by atoms with van der Waals surface area (Å²) < 4.78 is 18.0. The van der Waals surface area contributed by atoms with E-state index in [2.05, 4.69) is 11.8 Å². The molecule has 114 valence electrons. The maximum atomic E-state index is 6.13. The van der Waals surface area contributed by atoms with E-state index in [1.807, 2.05) is 13.8 Å². The van der Waals surface area contributed by atoms with Gasteiger partial charge in [0.25, 0.3) is 0 Å². The Balaban J connectivity index is 2.61. The Morgan fingerprint density at radius 1 is 0.947 bits per heavy atom. The second-order valence-electron chi connectivity index (χ2n) is 5.00. The van der Waals surface area contributed by atoms with E-state index < -0.39 is 8.80 Å². The lowest BCUT2D eigenvalue weighted by atomic mass is 10.2. The molecular weight excluding hydrogens is 258 g/mol. The summed E-state index contributed by atoms with van der Waals surface area (Å²) in [5, 5.41) is 0. The Hall–Kier alpha value is 0.0569. The summed E-state index contributed by atoms with van der Waals surface area (Å²) in [5.41, 5.74) is 0. The Morgan fingerprint density at radius 3 is 2.26 bits per heavy atom. The molecule has 4 nitrogen and oxygen atoms in total. The second-order valence-corrected chi connectivity index (χ2v) is 7.73. The van der Waals surface area contributed by atoms with Gasteiger partial charge >= 0.3 is 8.80 Å². The van der Waals surface area contributed by atoms with E-state index in [0.717, 1.165) is 25.7 Å². The third-order valence-corrected chi connectivity index (χ3v) is 6.68. The predicted molar refractivity (Wildman–Crippen MR) is 80.3 cm³/mol. The van der Waals surface area contributed by atoms with Crippen LogP contribution in [0.1, 0.15) is 46.5 Å². The molecule has 5 heteroatoms. The maximum absolute atomic E-state index is 6.13. The second kappa shape index (κ2) is 9.88. The van der Waals surface area contributed by atoms with Gasteiger partial charge in [0, 0.05) is 25.8 Å². The average molecular weight is 289 g/mol. The summed E-state index contributed by atoms with van der Waals surface area (Å²) in [7, 11) is -2.41. The number of nitrogens with zero attached hydrogens (tertiary/aromatic N) is 1. The molecule has 0 aliphatic carbocycles. The lowest BCUT2D eigenvalue weighted by Gasteiger charge is -2.29. The van der Waals surface area contributed by atoms with Crippen LogP contribution in [0.25, 0.3) is 0 Å². The first kappa shape index (κ1) is 17.1. The molecule has 0 amide bonds. The van der Waals surface area contributed by atoms with E-state index in [1.54, 1.807) is 0 Å². The van der Waals surface area contributed by atoms with Crippen LogP contribution in [0, 0.1) is 0 Å². The minimum absolute atomic E-state index is 0.684. The first-order valence-electron chi connectivity index (χ1n) is 7.90. The Bertz CT molecular complexity index is 223. The molecule has 0 spiro atoms. The molecule has 0 radical (unpaired) electrons. The Morgan fingerprint density at radius 2 is 1.63 bits per heavy atom. The Kier molecular flexibility index (Phi) is 8.90. The highest BCUT2D eigenvalue weighted by Crippen LogP contribution is 2.21. The molecule has 0 bridgehead atoms. The van der Waals surface area contributed by atoms with Crippen LogP contribution in [0.2, 0.25) is 6.04 Å². The largest absolute Gasteiger partial charge is 0.500 e. The minimum Gasteiger partial charge on any atom is -0.374 e. The van der Waals surface area contributed by atoms with E-state index >= 15 is 0 Å². The predicted octanol–water partition coefficient (Wildman–Crippen LogP) is 2.91. The van der Waals surface area contributed by atoms with Crippen molar-refractivity contribution in [2.45, 2.75) is 52.5 Å². The highest BCUT2D eigenvalue weighted by Gasteiger charge is 2.40. The van der Waals surface area contributed by atoms with Crippen molar-refractivity contribution in [3.8, 4) is 0 Å². The van der Waals surface area contributed by atoms with Crippen LogP contribution in [0.3, 0.4) is 0 Å². The van der Waals surface area contributed by atoms with Crippen molar-refractivity contribution in [3.05, 3.63) is 0 Å². The van der Waals surface area contributed by atoms with Crippen molar-refractivity contribution in [2.75, 3.05) is 39.5 Å². The number of rotatable bonds is 5. The van der Waals surface area contributed by atoms with Crippen LogP contribution in [-0.4, -0.2) is 53.2 Å². The molecule has 19 heavy (non-hydrogen) atoms. The van der Waals surface area contributed by atoms with E-state index in [1.165, 1.54) is 32.2 Å². The van der Waals surface area contributed by atoms with E-state index in [0.29, 0.717) is 13.2 Å². The van der Waals surface area contributed by atoms with E-state index in [4.69, 9.17) is 13.3 Å². The molecule has 1 aliphatic heterocycles. The number of likely N-dealkylation sites (N-methyl/N-ethyl adjacent to an activating group) is 1. The number of hydrogen-bond acceptors (Lipinski definition) is 4. The SMILES string of the molecule is CCO[Si]1(OCC)CCCCCCN(CC)CCO1. The van der Waals surface area contributed by atoms with Gasteiger partial charge in [0.15, 0.2) is 0 Å². The maximum Gasteiger partial charge on any atom is 0.500 e. The molecule has 0 saturated carbocycles. The standard InChI is InChI=1S/C14H31NO3Si/c1-4-15-11-9-7-8-10-14-19(16-5-2,17-6-3)18-13-12-15/h4-14H2,1-3H3. The molecular formula is C14H31NO3Si. The quantitative estimate of drug-likeness (QED) is 0.728. The fraction of sp³-hybridized carbons (Fsp3) is 1.00. The lowest BCUT2D eigenvalue weighted by molar-refractivity contribution is 0.0591. The summed E-state index contributed by atoms with van der Waals surface area (Å²) >= 11 is 0. The summed E-state index contributed by atoms with van der Waals surface area (Å²) in [6.45, 7) is 11.7. The van der Waals surface area contributed by atoms with Gasteiger partial charge in [0.05, 0.1) is 6.61 Å². The van der Waals surface area contributed by atoms with Gasteiger partial charge in [-0.2, -0.15) is 0 Å². The zero-order valence-electron chi connectivity index (χ0n) is 13.0. The molecule has 0 unspecified atom stereocenters. The fourth-order valence-corrected chi connectivity index (χ4v) is 5.22. The molecule has 0 atom stereocenters. The Labute approximate surface area is 119 Å². The molecule has 1 aliphatic rings. The summed E-state index contributed by atoms with van der Waals surface area (Å²) in [4.78, 5) is 2.46. The molecule has 1 saturated heterocycles. The van der Waals surface area contributed by atoms with Crippen LogP contribution >= 0.6 is 0 Å². The molecule has 1 heterocycles. The van der Waals surface area contributed by atoms with Crippen molar-refractivity contribution in [1.82, 2.24) is 4.90 Å². The van der Waals surface area contributed by atoms with E-state index in [-0.39, 0.29) is 0 Å². The van der Waals surface area contributed by atoms with Gasteiger partial charge < -0.3 is 18.2 Å². The zero-order chi connectivity index (χ0) is 14.0. The highest BCUT2D eigenvalue weighted by molar-refractivity contribution is 6.60. The number of hydrogen-bond donors (Lipinski definition) is 0. The van der Waals surface area contributed by atoms with Crippen molar-refractivity contribution >= 4 is 8.80 Å². The highest BCUT2D eigenvalue weighted by atomic mass is 28.4. The molecule has 0 aromatic rings. The third kappa shape index (κ3) is 6.36. The normalized spacial score (nSPS) is 22.9. The first-order valence-corrected chi connectivity index (χ1v) is 9.83. The third-order valence-electron chi connectivity index (χ3n) is 3.61. The van der Waals surface area contributed by atoms with Crippen LogP contribution < -0.4 is 0 Å². The molecule has 0 aromatic heterocycles.